The third kappa shape index (κ3) is 4.00. The molecule has 10 heteroatoms. The molecule has 0 N–H and O–H groups in total. The van der Waals surface area contributed by atoms with Crippen LogP contribution in [0.1, 0.15) is 23.4 Å². The van der Waals surface area contributed by atoms with Crippen molar-refractivity contribution in [2.45, 2.75) is 23.4 Å². The number of nitriles is 1. The maximum Gasteiger partial charge on any atom is 0.409 e. The normalized spacial score (nSPS) is 13.6. The lowest BCUT2D eigenvalue weighted by Crippen LogP contribution is -2.42. The fourth-order valence-corrected chi connectivity index (χ4v) is 5.13. The van der Waals surface area contributed by atoms with Gasteiger partial charge in [-0.25, -0.2) is 12.8 Å². The van der Waals surface area contributed by atoms with Crippen molar-refractivity contribution in [3.63, 3.8) is 0 Å². The van der Waals surface area contributed by atoms with E-state index in [-0.39, 0.29) is 9.09 Å². The minimum atomic E-state index is -4.91. The molecule has 0 aliphatic rings. The molecule has 4 nitrogen and oxygen atoms in total. The summed E-state index contributed by atoms with van der Waals surface area (Å²) < 4.78 is 79.2. The van der Waals surface area contributed by atoms with Gasteiger partial charge in [0.1, 0.15) is 27.0 Å². The van der Waals surface area contributed by atoms with Crippen molar-refractivity contribution in [2.75, 3.05) is 6.54 Å². The molecule has 1 aromatic heterocycles. The highest BCUT2D eigenvalue weighted by atomic mass is 32.2. The van der Waals surface area contributed by atoms with E-state index in [4.69, 9.17) is 5.26 Å². The summed E-state index contributed by atoms with van der Waals surface area (Å²) in [5.74, 6) is -0.729. The molecule has 1 atom stereocenters. The van der Waals surface area contributed by atoms with Gasteiger partial charge in [-0.15, -0.1) is 11.3 Å². The van der Waals surface area contributed by atoms with Gasteiger partial charge in [-0.2, -0.15) is 22.7 Å². The molecule has 0 amide bonds. The molecule has 0 saturated carbocycles. The van der Waals surface area contributed by atoms with Gasteiger partial charge < -0.3 is 0 Å². The molecule has 0 fully saturated rings. The van der Waals surface area contributed by atoms with E-state index in [9.17, 15) is 26.0 Å². The number of rotatable bonds is 5. The Bertz CT molecular complexity index is 883. The number of halogens is 4. The Labute approximate surface area is 146 Å². The Balaban J connectivity index is 2.57. The molecule has 1 heterocycles. The Kier molecular flexibility index (Phi) is 5.51. The van der Waals surface area contributed by atoms with E-state index in [2.05, 4.69) is 0 Å². The van der Waals surface area contributed by atoms with Crippen molar-refractivity contribution >= 4 is 21.4 Å². The number of hydrogen-bond donors (Lipinski definition) is 0. The van der Waals surface area contributed by atoms with Gasteiger partial charge in [0, 0.05) is 6.54 Å². The van der Waals surface area contributed by atoms with E-state index in [0.29, 0.717) is 15.6 Å². The van der Waals surface area contributed by atoms with Crippen molar-refractivity contribution < 1.29 is 26.0 Å². The first-order chi connectivity index (χ1) is 11.6. The quantitative estimate of drug-likeness (QED) is 0.721. The Morgan fingerprint density at radius 3 is 2.24 bits per heavy atom. The van der Waals surface area contributed by atoms with Crippen molar-refractivity contribution in [1.82, 2.24) is 4.31 Å². The summed E-state index contributed by atoms with van der Waals surface area (Å²) in [6.45, 7) is 0.822. The zero-order valence-electron chi connectivity index (χ0n) is 12.8. The van der Waals surface area contributed by atoms with Crippen LogP contribution in [0.3, 0.4) is 0 Å². The molecular formula is C15H12F4N2O2S2. The lowest BCUT2D eigenvalue weighted by Gasteiger charge is -2.31. The van der Waals surface area contributed by atoms with E-state index < -0.39 is 40.2 Å². The highest BCUT2D eigenvalue weighted by molar-refractivity contribution is 7.91. The first-order valence-corrected chi connectivity index (χ1v) is 9.21. The number of nitrogens with zero attached hydrogens (tertiary/aromatic N) is 2. The highest BCUT2D eigenvalue weighted by Gasteiger charge is 2.49. The largest absolute Gasteiger partial charge is 0.409 e. The number of hydrogen-bond acceptors (Lipinski definition) is 4. The summed E-state index contributed by atoms with van der Waals surface area (Å²) in [6, 6.07) is 5.10. The van der Waals surface area contributed by atoms with Crippen molar-refractivity contribution in [2.24, 2.45) is 0 Å². The van der Waals surface area contributed by atoms with Crippen LogP contribution < -0.4 is 0 Å². The van der Waals surface area contributed by atoms with Crippen LogP contribution in [0, 0.1) is 17.1 Å². The van der Waals surface area contributed by atoms with E-state index in [1.165, 1.54) is 13.0 Å². The van der Waals surface area contributed by atoms with Crippen molar-refractivity contribution in [3.05, 3.63) is 52.7 Å². The zero-order valence-corrected chi connectivity index (χ0v) is 14.4. The Morgan fingerprint density at radius 2 is 1.80 bits per heavy atom. The Morgan fingerprint density at radius 1 is 1.20 bits per heavy atom. The van der Waals surface area contributed by atoms with E-state index in [1.807, 2.05) is 0 Å². The van der Waals surface area contributed by atoms with Crippen LogP contribution in [0.5, 0.6) is 0 Å². The second-order valence-corrected chi connectivity index (χ2v) is 8.14. The topological polar surface area (TPSA) is 61.2 Å². The van der Waals surface area contributed by atoms with Crippen molar-refractivity contribution in [3.8, 4) is 6.07 Å². The summed E-state index contributed by atoms with van der Waals surface area (Å²) in [6.07, 6.45) is -4.91. The summed E-state index contributed by atoms with van der Waals surface area (Å²) in [7, 11) is -4.49. The fraction of sp³-hybridized carbons (Fsp3) is 0.267. The summed E-state index contributed by atoms with van der Waals surface area (Å²) >= 11 is 0.591. The molecule has 134 valence electrons. The van der Waals surface area contributed by atoms with Crippen LogP contribution in [-0.4, -0.2) is 25.4 Å². The van der Waals surface area contributed by atoms with E-state index in [0.717, 1.165) is 30.3 Å². The van der Waals surface area contributed by atoms with Crippen LogP contribution >= 0.6 is 11.3 Å². The standard InChI is InChI=1S/C15H12F4N2O2S2/c1-2-21(25(22,23)13-8-7-12(9-20)24-13)14(15(17,18)19)10-3-5-11(16)6-4-10/h3-8,14H,2H2,1H3. The molecule has 0 bridgehead atoms. The first-order valence-electron chi connectivity index (χ1n) is 6.95. The molecular weight excluding hydrogens is 380 g/mol. The number of sulfonamides is 1. The van der Waals surface area contributed by atoms with Crippen LogP contribution in [0.25, 0.3) is 0 Å². The molecule has 2 aromatic rings. The minimum absolute atomic E-state index is 0.0694. The molecule has 0 saturated heterocycles. The van der Waals surface area contributed by atoms with Crippen LogP contribution in [-0.2, 0) is 10.0 Å². The first kappa shape index (κ1) is 19.4. The van der Waals surface area contributed by atoms with E-state index >= 15 is 0 Å². The molecule has 25 heavy (non-hydrogen) atoms. The predicted octanol–water partition coefficient (Wildman–Crippen LogP) is 4.07. The third-order valence-corrected chi connectivity index (χ3v) is 6.75. The second-order valence-electron chi connectivity index (χ2n) is 4.93. The monoisotopic (exact) mass is 392 g/mol. The molecule has 1 unspecified atom stereocenters. The molecule has 0 aliphatic carbocycles. The van der Waals surface area contributed by atoms with Crippen molar-refractivity contribution in [1.29, 1.82) is 5.26 Å². The van der Waals surface area contributed by atoms with Crippen LogP contribution in [0.4, 0.5) is 17.6 Å². The zero-order chi connectivity index (χ0) is 18.8. The maximum atomic E-state index is 13.6. The van der Waals surface area contributed by atoms with Crippen LogP contribution in [0.2, 0.25) is 0 Å². The molecule has 2 rings (SSSR count). The van der Waals surface area contributed by atoms with Gasteiger partial charge in [0.25, 0.3) is 10.0 Å². The summed E-state index contributed by atoms with van der Waals surface area (Å²) in [5.41, 5.74) is -0.392. The van der Waals surface area contributed by atoms with Gasteiger partial charge in [-0.3, -0.25) is 0 Å². The maximum absolute atomic E-state index is 13.6. The molecule has 0 radical (unpaired) electrons. The lowest BCUT2D eigenvalue weighted by molar-refractivity contribution is -0.173. The van der Waals surface area contributed by atoms with Gasteiger partial charge in [0.05, 0.1) is 0 Å². The average Bonchev–Trinajstić information content (AvgIpc) is 3.02. The third-order valence-electron chi connectivity index (χ3n) is 3.35. The summed E-state index contributed by atoms with van der Waals surface area (Å²) in [4.78, 5) is 0.0694. The smallest absolute Gasteiger partial charge is 0.207 e. The summed E-state index contributed by atoms with van der Waals surface area (Å²) in [5, 5.41) is 8.79. The molecule has 0 spiro atoms. The van der Waals surface area contributed by atoms with Gasteiger partial charge in [0.2, 0.25) is 0 Å². The van der Waals surface area contributed by atoms with E-state index in [1.54, 1.807) is 6.07 Å². The van der Waals surface area contributed by atoms with Gasteiger partial charge >= 0.3 is 6.18 Å². The number of thiophene rings is 1. The Hall–Kier alpha value is -1.96. The molecule has 0 aliphatic heterocycles. The SMILES string of the molecule is CCN(C(c1ccc(F)cc1)C(F)(F)F)S(=O)(=O)c1ccc(C#N)s1. The van der Waals surface area contributed by atoms with Crippen LogP contribution in [0.15, 0.2) is 40.6 Å². The highest BCUT2D eigenvalue weighted by Crippen LogP contribution is 2.41. The average molecular weight is 392 g/mol. The molecule has 1 aromatic carbocycles. The second kappa shape index (κ2) is 7.11. The predicted molar refractivity (Wildman–Crippen MR) is 83.8 cm³/mol. The number of alkyl halides is 3. The van der Waals surface area contributed by atoms with Gasteiger partial charge in [-0.1, -0.05) is 19.1 Å². The number of benzene rings is 1. The van der Waals surface area contributed by atoms with Gasteiger partial charge in [-0.05, 0) is 29.8 Å². The lowest BCUT2D eigenvalue weighted by atomic mass is 10.1. The minimum Gasteiger partial charge on any atom is -0.207 e. The van der Waals surface area contributed by atoms with Gasteiger partial charge in [0.15, 0.2) is 0 Å². The fourth-order valence-electron chi connectivity index (χ4n) is 2.29.